The first-order valence-corrected chi connectivity index (χ1v) is 7.17. The second-order valence-corrected chi connectivity index (χ2v) is 5.74. The molecule has 2 aromatic rings. The average molecular weight is 361 g/mol. The number of pyridine rings is 1. The maximum absolute atomic E-state index is 6.20. The predicted octanol–water partition coefficient (Wildman–Crippen LogP) is 3.90. The Bertz CT molecular complexity index is 560. The molecule has 6 heteroatoms. The molecule has 0 aliphatic carbocycles. The van der Waals surface area contributed by atoms with Crippen molar-refractivity contribution >= 4 is 39.1 Å². The summed E-state index contributed by atoms with van der Waals surface area (Å²) in [5.74, 6) is 5.61. The van der Waals surface area contributed by atoms with Gasteiger partial charge < -0.3 is 0 Å². The fourth-order valence-electron chi connectivity index (χ4n) is 1.78. The van der Waals surface area contributed by atoms with E-state index in [0.717, 1.165) is 15.7 Å². The minimum atomic E-state index is -0.139. The van der Waals surface area contributed by atoms with E-state index in [0.29, 0.717) is 16.5 Å². The molecule has 3 nitrogen and oxygen atoms in total. The third-order valence-electron chi connectivity index (χ3n) is 2.76. The molecule has 0 spiro atoms. The number of nitrogens with two attached hydrogens (primary N) is 1. The summed E-state index contributed by atoms with van der Waals surface area (Å²) >= 11 is 15.6. The van der Waals surface area contributed by atoms with Crippen LogP contribution in [-0.2, 0) is 6.42 Å². The maximum atomic E-state index is 6.20. The third kappa shape index (κ3) is 3.68. The minimum Gasteiger partial charge on any atom is -0.271 e. The van der Waals surface area contributed by atoms with E-state index in [9.17, 15) is 0 Å². The minimum absolute atomic E-state index is 0.139. The molecule has 1 unspecified atom stereocenters. The lowest BCUT2D eigenvalue weighted by Gasteiger charge is -2.18. The van der Waals surface area contributed by atoms with E-state index in [-0.39, 0.29) is 6.04 Å². The molecule has 0 aliphatic heterocycles. The second kappa shape index (κ2) is 6.68. The highest BCUT2D eigenvalue weighted by atomic mass is 79.9. The number of rotatable bonds is 4. The largest absolute Gasteiger partial charge is 0.271 e. The van der Waals surface area contributed by atoms with Crippen molar-refractivity contribution in [3.05, 3.63) is 62.3 Å². The van der Waals surface area contributed by atoms with Gasteiger partial charge in [-0.25, -0.2) is 0 Å². The summed E-state index contributed by atoms with van der Waals surface area (Å²) in [6, 6.07) is 9.24. The van der Waals surface area contributed by atoms with Crippen molar-refractivity contribution in [1.29, 1.82) is 0 Å². The Hall–Kier alpha value is -0.650. The molecule has 0 amide bonds. The van der Waals surface area contributed by atoms with E-state index >= 15 is 0 Å². The lowest BCUT2D eigenvalue weighted by Crippen LogP contribution is -2.30. The van der Waals surface area contributed by atoms with E-state index in [1.54, 1.807) is 12.3 Å². The Balaban J connectivity index is 2.25. The molecule has 100 valence electrons. The molecule has 0 saturated heterocycles. The number of hydrogen-bond acceptors (Lipinski definition) is 3. The SMILES string of the molecule is NNC(Cc1ccc(Br)cn1)c1cccc(Cl)c1Cl. The molecule has 0 saturated carbocycles. The van der Waals surface area contributed by atoms with Gasteiger partial charge in [-0.1, -0.05) is 35.3 Å². The van der Waals surface area contributed by atoms with E-state index in [1.165, 1.54) is 0 Å². The van der Waals surface area contributed by atoms with Crippen LogP contribution in [0.25, 0.3) is 0 Å². The van der Waals surface area contributed by atoms with Crippen molar-refractivity contribution in [3.63, 3.8) is 0 Å². The van der Waals surface area contributed by atoms with E-state index in [1.807, 2.05) is 24.3 Å². The lowest BCUT2D eigenvalue weighted by atomic mass is 10.0. The van der Waals surface area contributed by atoms with Gasteiger partial charge in [0.25, 0.3) is 0 Å². The molecule has 1 atom stereocenters. The highest BCUT2D eigenvalue weighted by Crippen LogP contribution is 2.31. The van der Waals surface area contributed by atoms with Gasteiger partial charge in [0, 0.05) is 22.8 Å². The maximum Gasteiger partial charge on any atom is 0.0640 e. The van der Waals surface area contributed by atoms with E-state index in [4.69, 9.17) is 29.0 Å². The topological polar surface area (TPSA) is 50.9 Å². The van der Waals surface area contributed by atoms with Gasteiger partial charge in [-0.3, -0.25) is 16.3 Å². The molecule has 3 N–H and O–H groups in total. The molecule has 1 aromatic heterocycles. The Morgan fingerprint density at radius 3 is 2.68 bits per heavy atom. The summed E-state index contributed by atoms with van der Waals surface area (Å²) < 4.78 is 0.939. The number of nitrogens with one attached hydrogen (secondary N) is 1. The van der Waals surface area contributed by atoms with Crippen molar-refractivity contribution in [2.24, 2.45) is 5.84 Å². The van der Waals surface area contributed by atoms with Crippen LogP contribution in [0.3, 0.4) is 0 Å². The number of benzene rings is 1. The van der Waals surface area contributed by atoms with Crippen molar-refractivity contribution in [3.8, 4) is 0 Å². The summed E-state index contributed by atoms with van der Waals surface area (Å²) in [6.07, 6.45) is 2.38. The fourth-order valence-corrected chi connectivity index (χ4v) is 2.46. The first kappa shape index (κ1) is 14.8. The van der Waals surface area contributed by atoms with Crippen LogP contribution in [0.2, 0.25) is 10.0 Å². The first-order valence-electron chi connectivity index (χ1n) is 5.62. The van der Waals surface area contributed by atoms with Crippen molar-refractivity contribution in [2.75, 3.05) is 0 Å². The summed E-state index contributed by atoms with van der Waals surface area (Å²) in [6.45, 7) is 0. The van der Waals surface area contributed by atoms with Gasteiger partial charge >= 0.3 is 0 Å². The Kier molecular flexibility index (Phi) is 5.19. The molecule has 19 heavy (non-hydrogen) atoms. The highest BCUT2D eigenvalue weighted by Gasteiger charge is 2.16. The Labute approximate surface area is 130 Å². The molecule has 0 radical (unpaired) electrons. The second-order valence-electron chi connectivity index (χ2n) is 4.03. The molecular weight excluding hydrogens is 349 g/mol. The summed E-state index contributed by atoms with van der Waals surface area (Å²) in [4.78, 5) is 4.33. The van der Waals surface area contributed by atoms with Gasteiger partial charge in [0.15, 0.2) is 0 Å². The van der Waals surface area contributed by atoms with Crippen LogP contribution in [0.1, 0.15) is 17.3 Å². The average Bonchev–Trinajstić information content (AvgIpc) is 2.42. The van der Waals surface area contributed by atoms with Gasteiger partial charge in [-0.15, -0.1) is 0 Å². The van der Waals surface area contributed by atoms with Gasteiger partial charge in [0.2, 0.25) is 0 Å². The molecule has 0 bridgehead atoms. The quantitative estimate of drug-likeness (QED) is 0.642. The number of hydrazine groups is 1. The van der Waals surface area contributed by atoms with Gasteiger partial charge in [-0.05, 0) is 39.7 Å². The van der Waals surface area contributed by atoms with Crippen molar-refractivity contribution in [1.82, 2.24) is 10.4 Å². The summed E-state index contributed by atoms with van der Waals surface area (Å²) in [5, 5.41) is 1.03. The van der Waals surface area contributed by atoms with Crippen LogP contribution < -0.4 is 11.3 Å². The fraction of sp³-hybridized carbons (Fsp3) is 0.154. The zero-order chi connectivity index (χ0) is 13.8. The highest BCUT2D eigenvalue weighted by molar-refractivity contribution is 9.10. The van der Waals surface area contributed by atoms with Gasteiger partial charge in [-0.2, -0.15) is 0 Å². The Morgan fingerprint density at radius 1 is 1.26 bits per heavy atom. The van der Waals surface area contributed by atoms with E-state index < -0.39 is 0 Å². The molecule has 0 fully saturated rings. The number of nitrogens with zero attached hydrogens (tertiary/aromatic N) is 1. The summed E-state index contributed by atoms with van der Waals surface area (Å²) in [5.41, 5.74) is 4.54. The lowest BCUT2D eigenvalue weighted by molar-refractivity contribution is 0.546. The zero-order valence-corrected chi connectivity index (χ0v) is 13.0. The smallest absolute Gasteiger partial charge is 0.0640 e. The predicted molar refractivity (Wildman–Crippen MR) is 82.2 cm³/mol. The van der Waals surface area contributed by atoms with Crippen LogP contribution in [0.4, 0.5) is 0 Å². The standard InChI is InChI=1S/C13H12BrCl2N3/c14-8-4-5-9(18-7-8)6-12(19-17)10-2-1-3-11(15)13(10)16/h1-5,7,12,19H,6,17H2. The Morgan fingerprint density at radius 2 is 2.05 bits per heavy atom. The normalized spacial score (nSPS) is 12.4. The molecule has 1 heterocycles. The zero-order valence-electron chi connectivity index (χ0n) is 9.91. The monoisotopic (exact) mass is 359 g/mol. The van der Waals surface area contributed by atoms with Gasteiger partial charge in [0.1, 0.15) is 0 Å². The van der Waals surface area contributed by atoms with Crippen molar-refractivity contribution in [2.45, 2.75) is 12.5 Å². The number of hydrogen-bond donors (Lipinski definition) is 2. The van der Waals surface area contributed by atoms with E-state index in [2.05, 4.69) is 26.3 Å². The molecular formula is C13H12BrCl2N3. The van der Waals surface area contributed by atoms with Crippen LogP contribution in [0.15, 0.2) is 41.0 Å². The van der Waals surface area contributed by atoms with Crippen LogP contribution in [0, 0.1) is 0 Å². The number of aromatic nitrogens is 1. The molecule has 1 aromatic carbocycles. The first-order chi connectivity index (χ1) is 9.11. The van der Waals surface area contributed by atoms with Crippen molar-refractivity contribution < 1.29 is 0 Å². The van der Waals surface area contributed by atoms with Crippen LogP contribution in [0.5, 0.6) is 0 Å². The third-order valence-corrected chi connectivity index (χ3v) is 4.06. The number of halogens is 3. The summed E-state index contributed by atoms with van der Waals surface area (Å²) in [7, 11) is 0. The van der Waals surface area contributed by atoms with Crippen LogP contribution in [-0.4, -0.2) is 4.98 Å². The van der Waals surface area contributed by atoms with Crippen LogP contribution >= 0.6 is 39.1 Å². The molecule has 0 aliphatic rings. The van der Waals surface area contributed by atoms with Gasteiger partial charge in [0.05, 0.1) is 16.1 Å². The molecule has 2 rings (SSSR count).